The van der Waals surface area contributed by atoms with Gasteiger partial charge in [-0.3, -0.25) is 24.5 Å². The van der Waals surface area contributed by atoms with Crippen molar-refractivity contribution in [3.05, 3.63) is 34.6 Å². The minimum absolute atomic E-state index is 0.00842. The number of piperazine rings is 1. The van der Waals surface area contributed by atoms with Gasteiger partial charge in [0.25, 0.3) is 5.56 Å². The number of nitrogens with two attached hydrogens (primary N) is 1. The lowest BCUT2D eigenvalue weighted by molar-refractivity contribution is -0.167. The highest BCUT2D eigenvalue weighted by atomic mass is 19.4. The monoisotopic (exact) mass is 412 g/mol. The Bertz CT molecular complexity index is 940. The molecule has 1 aromatic heterocycles. The molecule has 0 radical (unpaired) electrons. The average molecular weight is 412 g/mol. The van der Waals surface area contributed by atoms with Crippen molar-refractivity contribution in [3.8, 4) is 11.3 Å². The predicted molar refractivity (Wildman–Crippen MR) is 98.7 cm³/mol. The summed E-state index contributed by atoms with van der Waals surface area (Å²) in [6, 6.07) is 5.56. The van der Waals surface area contributed by atoms with Crippen LogP contribution in [0.5, 0.6) is 0 Å². The van der Waals surface area contributed by atoms with E-state index in [0.717, 1.165) is 13.1 Å². The number of nitrogen functional groups attached to an aromatic ring is 1. The molecule has 0 aliphatic carbocycles. The Hall–Kier alpha value is -3.03. The van der Waals surface area contributed by atoms with Crippen LogP contribution in [0.15, 0.2) is 29.1 Å². The van der Waals surface area contributed by atoms with E-state index in [1.807, 2.05) is 4.90 Å². The summed E-state index contributed by atoms with van der Waals surface area (Å²) < 4.78 is 39.1. The quantitative estimate of drug-likeness (QED) is 0.397. The summed E-state index contributed by atoms with van der Waals surface area (Å²) >= 11 is 0. The lowest BCUT2D eigenvalue weighted by Crippen LogP contribution is -2.46. The van der Waals surface area contributed by atoms with E-state index in [0.29, 0.717) is 13.1 Å². The molecule has 156 valence electrons. The van der Waals surface area contributed by atoms with Gasteiger partial charge in [-0.05, 0) is 6.07 Å². The SMILES string of the molecule is NNc1nnc(-c2ccccc2NC(=O)C(F)(F)F)c(=O)n1CN1CCNCC1. The number of amides is 1. The first-order chi connectivity index (χ1) is 13.8. The Morgan fingerprint density at radius 2 is 1.90 bits per heavy atom. The summed E-state index contributed by atoms with van der Waals surface area (Å²) in [5, 5.41) is 12.6. The number of nitrogens with one attached hydrogen (secondary N) is 3. The molecule has 5 N–H and O–H groups in total. The molecule has 0 unspecified atom stereocenters. The largest absolute Gasteiger partial charge is 0.471 e. The van der Waals surface area contributed by atoms with Crippen molar-refractivity contribution >= 4 is 17.5 Å². The lowest BCUT2D eigenvalue weighted by Gasteiger charge is -2.28. The van der Waals surface area contributed by atoms with E-state index >= 15 is 0 Å². The maximum Gasteiger partial charge on any atom is 0.471 e. The molecular weight excluding hydrogens is 393 g/mol. The number of rotatable bonds is 5. The molecule has 13 heteroatoms. The summed E-state index contributed by atoms with van der Waals surface area (Å²) in [5.41, 5.74) is 1.29. The van der Waals surface area contributed by atoms with E-state index in [1.54, 1.807) is 5.32 Å². The molecule has 1 saturated heterocycles. The molecule has 1 aromatic carbocycles. The number of hydrogen-bond donors (Lipinski definition) is 4. The minimum atomic E-state index is -5.07. The second kappa shape index (κ2) is 8.55. The van der Waals surface area contributed by atoms with Gasteiger partial charge in [-0.2, -0.15) is 13.2 Å². The van der Waals surface area contributed by atoms with Crippen molar-refractivity contribution in [1.29, 1.82) is 0 Å². The second-order valence-corrected chi connectivity index (χ2v) is 6.26. The first-order valence-electron chi connectivity index (χ1n) is 8.66. The average Bonchev–Trinajstić information content (AvgIpc) is 2.70. The molecule has 10 nitrogen and oxygen atoms in total. The number of hydrazine groups is 1. The Labute approximate surface area is 162 Å². The van der Waals surface area contributed by atoms with Crippen LogP contribution in [0.2, 0.25) is 0 Å². The van der Waals surface area contributed by atoms with Crippen molar-refractivity contribution in [2.45, 2.75) is 12.8 Å². The third kappa shape index (κ3) is 4.70. The highest BCUT2D eigenvalue weighted by Gasteiger charge is 2.39. The van der Waals surface area contributed by atoms with Crippen LogP contribution in [0.3, 0.4) is 0 Å². The highest BCUT2D eigenvalue weighted by Crippen LogP contribution is 2.26. The standard InChI is InChI=1S/C16H19F3N8O2/c17-16(18,19)14(29)22-11-4-2-1-3-10(11)12-13(28)27(15(23-20)25-24-12)9-26-7-5-21-6-8-26/h1-4,21H,5-9,20H2,(H,22,29)(H,23,25). The van der Waals surface area contributed by atoms with Gasteiger partial charge in [0.2, 0.25) is 5.95 Å². The number of aromatic nitrogens is 3. The third-order valence-corrected chi connectivity index (χ3v) is 4.32. The number of carbonyl (C=O) groups is 1. The van der Waals surface area contributed by atoms with Gasteiger partial charge in [0.15, 0.2) is 5.69 Å². The zero-order valence-corrected chi connectivity index (χ0v) is 15.2. The maximum atomic E-state index is 13.0. The molecule has 0 spiro atoms. The molecule has 2 aromatic rings. The molecule has 1 amide bonds. The molecule has 2 heterocycles. The number of benzene rings is 1. The zero-order chi connectivity index (χ0) is 21.0. The second-order valence-electron chi connectivity index (χ2n) is 6.26. The van der Waals surface area contributed by atoms with Crippen molar-refractivity contribution in [3.63, 3.8) is 0 Å². The molecule has 3 rings (SSSR count). The molecule has 0 bridgehead atoms. The van der Waals surface area contributed by atoms with E-state index in [9.17, 15) is 22.8 Å². The van der Waals surface area contributed by atoms with Crippen LogP contribution in [0.4, 0.5) is 24.8 Å². The van der Waals surface area contributed by atoms with Crippen molar-refractivity contribution < 1.29 is 18.0 Å². The van der Waals surface area contributed by atoms with E-state index < -0.39 is 17.6 Å². The van der Waals surface area contributed by atoms with Crippen LogP contribution in [-0.4, -0.2) is 57.9 Å². The minimum Gasteiger partial charge on any atom is -0.318 e. The highest BCUT2D eigenvalue weighted by molar-refractivity contribution is 5.98. The fraction of sp³-hybridized carbons (Fsp3) is 0.375. The summed E-state index contributed by atoms with van der Waals surface area (Å²) in [4.78, 5) is 26.4. The number of anilines is 2. The van der Waals surface area contributed by atoms with Crippen molar-refractivity contribution in [1.82, 2.24) is 25.0 Å². The number of nitrogens with zero attached hydrogens (tertiary/aromatic N) is 4. The number of halogens is 3. The van der Waals surface area contributed by atoms with Gasteiger partial charge in [0, 0.05) is 31.7 Å². The number of alkyl halides is 3. The van der Waals surface area contributed by atoms with Crippen LogP contribution >= 0.6 is 0 Å². The van der Waals surface area contributed by atoms with Crippen LogP contribution in [0, 0.1) is 0 Å². The molecule has 1 aliphatic heterocycles. The van der Waals surface area contributed by atoms with E-state index in [2.05, 4.69) is 20.9 Å². The first kappa shape index (κ1) is 20.7. The topological polar surface area (TPSA) is 130 Å². The van der Waals surface area contributed by atoms with Gasteiger partial charge in [-0.25, -0.2) is 5.84 Å². The summed E-state index contributed by atoms with van der Waals surface area (Å²) in [7, 11) is 0. The fourth-order valence-corrected chi connectivity index (χ4v) is 2.87. The first-order valence-corrected chi connectivity index (χ1v) is 8.66. The normalized spacial score (nSPS) is 15.2. The Balaban J connectivity index is 2.00. The van der Waals surface area contributed by atoms with Crippen LogP contribution in [0.1, 0.15) is 0 Å². The van der Waals surface area contributed by atoms with Gasteiger partial charge in [0.1, 0.15) is 0 Å². The molecular formula is C16H19F3N8O2. The van der Waals surface area contributed by atoms with Gasteiger partial charge >= 0.3 is 12.1 Å². The predicted octanol–water partition coefficient (Wildman–Crippen LogP) is -0.0456. The lowest BCUT2D eigenvalue weighted by atomic mass is 10.1. The summed E-state index contributed by atoms with van der Waals surface area (Å²) in [6.45, 7) is 3.04. The summed E-state index contributed by atoms with van der Waals surface area (Å²) in [5.74, 6) is 3.29. The Morgan fingerprint density at radius 3 is 2.55 bits per heavy atom. The third-order valence-electron chi connectivity index (χ3n) is 4.32. The van der Waals surface area contributed by atoms with Crippen LogP contribution < -0.4 is 27.5 Å². The molecule has 29 heavy (non-hydrogen) atoms. The number of para-hydroxylation sites is 1. The molecule has 1 fully saturated rings. The Morgan fingerprint density at radius 1 is 1.21 bits per heavy atom. The maximum absolute atomic E-state index is 13.0. The van der Waals surface area contributed by atoms with Crippen molar-refractivity contribution in [2.24, 2.45) is 5.84 Å². The van der Waals surface area contributed by atoms with Gasteiger partial charge in [0.05, 0.1) is 12.4 Å². The van der Waals surface area contributed by atoms with Crippen LogP contribution in [0.25, 0.3) is 11.3 Å². The molecule has 0 atom stereocenters. The smallest absolute Gasteiger partial charge is 0.318 e. The van der Waals surface area contributed by atoms with Gasteiger partial charge in [-0.1, -0.05) is 18.2 Å². The van der Waals surface area contributed by atoms with Crippen molar-refractivity contribution in [2.75, 3.05) is 36.9 Å². The van der Waals surface area contributed by atoms with E-state index in [-0.39, 0.29) is 29.6 Å². The zero-order valence-electron chi connectivity index (χ0n) is 15.2. The Kier molecular flexibility index (Phi) is 6.10. The van der Waals surface area contributed by atoms with Gasteiger partial charge in [-0.15, -0.1) is 10.2 Å². The number of carbonyl (C=O) groups excluding carboxylic acids is 1. The van der Waals surface area contributed by atoms with Gasteiger partial charge < -0.3 is 10.6 Å². The van der Waals surface area contributed by atoms with E-state index in [1.165, 1.54) is 28.8 Å². The number of hydrogen-bond acceptors (Lipinski definition) is 8. The molecule has 0 saturated carbocycles. The van der Waals surface area contributed by atoms with Crippen LogP contribution in [-0.2, 0) is 11.5 Å². The van der Waals surface area contributed by atoms with E-state index in [4.69, 9.17) is 5.84 Å². The molecule has 1 aliphatic rings. The summed E-state index contributed by atoms with van der Waals surface area (Å²) in [6.07, 6.45) is -5.07. The fourth-order valence-electron chi connectivity index (χ4n) is 2.87.